The molecule has 1 aliphatic heterocycles. The second kappa shape index (κ2) is 7.13. The number of piperazine rings is 1. The lowest BCUT2D eigenvalue weighted by Crippen LogP contribution is -2.53. The van der Waals surface area contributed by atoms with Gasteiger partial charge >= 0.3 is 0 Å². The van der Waals surface area contributed by atoms with Crippen molar-refractivity contribution in [3.05, 3.63) is 36.7 Å². The van der Waals surface area contributed by atoms with Crippen molar-refractivity contribution in [2.45, 2.75) is 19.8 Å². The normalized spacial score (nSPS) is 19.4. The van der Waals surface area contributed by atoms with Crippen LogP contribution in [0.25, 0.3) is 10.8 Å². The predicted molar refractivity (Wildman–Crippen MR) is 104 cm³/mol. The van der Waals surface area contributed by atoms with Crippen LogP contribution in [0.2, 0.25) is 0 Å². The second-order valence-corrected chi connectivity index (χ2v) is 9.10. The zero-order valence-corrected chi connectivity index (χ0v) is 16.0. The standard InChI is InChI=1S/C19H26N4O2S/c1-2-22(15-16-7-8-16)26(24,25)23-11-9-21(10-12-23)19-14-20-13-17-5-3-4-6-18(17)19/h3-6,13-14,16H,2,7-12,15H2,1H3. The number of pyridine rings is 1. The number of rotatable bonds is 6. The van der Waals surface area contributed by atoms with Crippen molar-refractivity contribution in [1.29, 1.82) is 0 Å². The highest BCUT2D eigenvalue weighted by atomic mass is 32.2. The lowest BCUT2D eigenvalue weighted by atomic mass is 10.1. The van der Waals surface area contributed by atoms with Crippen molar-refractivity contribution in [3.63, 3.8) is 0 Å². The molecule has 26 heavy (non-hydrogen) atoms. The van der Waals surface area contributed by atoms with Crippen LogP contribution in [0.1, 0.15) is 19.8 Å². The highest BCUT2D eigenvalue weighted by molar-refractivity contribution is 7.86. The Bertz CT molecular complexity index is 869. The molecule has 1 aliphatic carbocycles. The average molecular weight is 375 g/mol. The van der Waals surface area contributed by atoms with Gasteiger partial charge in [0.2, 0.25) is 0 Å². The maximum atomic E-state index is 13.0. The van der Waals surface area contributed by atoms with Crippen molar-refractivity contribution in [2.24, 2.45) is 5.92 Å². The van der Waals surface area contributed by atoms with Crippen LogP contribution >= 0.6 is 0 Å². The van der Waals surface area contributed by atoms with Crippen LogP contribution in [-0.4, -0.2) is 61.3 Å². The molecule has 0 unspecified atom stereocenters. The van der Waals surface area contributed by atoms with Gasteiger partial charge in [-0.25, -0.2) is 0 Å². The Morgan fingerprint density at radius 1 is 1.12 bits per heavy atom. The first kappa shape index (κ1) is 17.7. The van der Waals surface area contributed by atoms with Crippen molar-refractivity contribution in [1.82, 2.24) is 13.6 Å². The molecule has 1 saturated carbocycles. The van der Waals surface area contributed by atoms with Crippen LogP contribution < -0.4 is 4.90 Å². The van der Waals surface area contributed by atoms with Crippen LogP contribution in [0.5, 0.6) is 0 Å². The van der Waals surface area contributed by atoms with Gasteiger partial charge in [-0.1, -0.05) is 31.2 Å². The summed E-state index contributed by atoms with van der Waals surface area (Å²) in [6.45, 7) is 5.57. The van der Waals surface area contributed by atoms with Gasteiger partial charge in [0.1, 0.15) is 0 Å². The maximum absolute atomic E-state index is 13.0. The Balaban J connectivity index is 1.48. The molecule has 0 bridgehead atoms. The van der Waals surface area contributed by atoms with Crippen LogP contribution in [0.3, 0.4) is 0 Å². The van der Waals surface area contributed by atoms with E-state index in [0.717, 1.165) is 23.9 Å². The van der Waals surface area contributed by atoms with Crippen LogP contribution in [-0.2, 0) is 10.2 Å². The van der Waals surface area contributed by atoms with E-state index in [1.165, 1.54) is 5.39 Å². The quantitative estimate of drug-likeness (QED) is 0.779. The largest absolute Gasteiger partial charge is 0.367 e. The van der Waals surface area contributed by atoms with E-state index in [1.54, 1.807) is 8.61 Å². The molecule has 1 aromatic heterocycles. The predicted octanol–water partition coefficient (Wildman–Crippen LogP) is 2.33. The molecule has 0 N–H and O–H groups in total. The summed E-state index contributed by atoms with van der Waals surface area (Å²) >= 11 is 0. The van der Waals surface area contributed by atoms with Gasteiger partial charge in [-0.2, -0.15) is 17.0 Å². The summed E-state index contributed by atoms with van der Waals surface area (Å²) in [5.41, 5.74) is 1.09. The van der Waals surface area contributed by atoms with Crippen LogP contribution in [0, 0.1) is 5.92 Å². The molecular weight excluding hydrogens is 348 g/mol. The van der Waals surface area contributed by atoms with Gasteiger partial charge in [-0.3, -0.25) is 4.98 Å². The Hall–Kier alpha value is -1.70. The first-order valence-electron chi connectivity index (χ1n) is 9.42. The average Bonchev–Trinajstić information content (AvgIpc) is 3.50. The van der Waals surface area contributed by atoms with E-state index in [1.807, 2.05) is 31.5 Å². The fraction of sp³-hybridized carbons (Fsp3) is 0.526. The first-order valence-corrected chi connectivity index (χ1v) is 10.8. The molecule has 7 heteroatoms. The van der Waals surface area contributed by atoms with Gasteiger partial charge in [0, 0.05) is 56.2 Å². The second-order valence-electron chi connectivity index (χ2n) is 7.17. The Morgan fingerprint density at radius 3 is 2.54 bits per heavy atom. The molecule has 0 amide bonds. The summed E-state index contributed by atoms with van der Waals surface area (Å²) in [5, 5.41) is 2.28. The topological polar surface area (TPSA) is 56.8 Å². The lowest BCUT2D eigenvalue weighted by Gasteiger charge is -2.37. The Morgan fingerprint density at radius 2 is 1.85 bits per heavy atom. The summed E-state index contributed by atoms with van der Waals surface area (Å²) < 4.78 is 29.2. The number of hydrogen-bond donors (Lipinski definition) is 0. The summed E-state index contributed by atoms with van der Waals surface area (Å²) in [7, 11) is -3.35. The molecule has 6 nitrogen and oxygen atoms in total. The first-order chi connectivity index (χ1) is 12.6. The van der Waals surface area contributed by atoms with Gasteiger partial charge in [0.05, 0.1) is 11.9 Å². The number of benzene rings is 1. The van der Waals surface area contributed by atoms with Crippen molar-refractivity contribution in [2.75, 3.05) is 44.2 Å². The van der Waals surface area contributed by atoms with Gasteiger partial charge in [-0.05, 0) is 18.8 Å². The summed E-state index contributed by atoms with van der Waals surface area (Å²) in [6, 6.07) is 8.20. The van der Waals surface area contributed by atoms with Crippen LogP contribution in [0.15, 0.2) is 36.7 Å². The molecule has 140 valence electrons. The number of nitrogens with zero attached hydrogens (tertiary/aromatic N) is 4. The molecule has 1 saturated heterocycles. The lowest BCUT2D eigenvalue weighted by molar-refractivity contribution is 0.324. The monoisotopic (exact) mass is 374 g/mol. The summed E-state index contributed by atoms with van der Waals surface area (Å²) in [6.07, 6.45) is 6.08. The molecular formula is C19H26N4O2S. The maximum Gasteiger partial charge on any atom is 0.282 e. The molecule has 4 rings (SSSR count). The van der Waals surface area contributed by atoms with Gasteiger partial charge in [-0.15, -0.1) is 0 Å². The van der Waals surface area contributed by atoms with Crippen molar-refractivity contribution in [3.8, 4) is 0 Å². The third kappa shape index (κ3) is 3.43. The minimum Gasteiger partial charge on any atom is -0.367 e. The van der Waals surface area contributed by atoms with Gasteiger partial charge < -0.3 is 4.90 Å². The number of fused-ring (bicyclic) bond motifs is 1. The molecule has 2 fully saturated rings. The Labute approximate surface area is 155 Å². The molecule has 2 aromatic rings. The molecule has 1 aromatic carbocycles. The number of hydrogen-bond acceptors (Lipinski definition) is 4. The Kier molecular flexibility index (Phi) is 4.86. The van der Waals surface area contributed by atoms with Crippen molar-refractivity contribution < 1.29 is 8.42 Å². The zero-order chi connectivity index (χ0) is 18.1. The van der Waals surface area contributed by atoms with E-state index >= 15 is 0 Å². The van der Waals surface area contributed by atoms with E-state index in [2.05, 4.69) is 22.0 Å². The van der Waals surface area contributed by atoms with E-state index < -0.39 is 10.2 Å². The number of anilines is 1. The SMILES string of the molecule is CCN(CC1CC1)S(=O)(=O)N1CCN(c2cncc3ccccc23)CC1. The highest BCUT2D eigenvalue weighted by Gasteiger charge is 2.35. The van der Waals surface area contributed by atoms with E-state index in [0.29, 0.717) is 45.2 Å². The molecule has 0 radical (unpaired) electrons. The zero-order valence-electron chi connectivity index (χ0n) is 15.2. The summed E-state index contributed by atoms with van der Waals surface area (Å²) in [4.78, 5) is 6.60. The fourth-order valence-electron chi connectivity index (χ4n) is 3.65. The minimum atomic E-state index is -3.35. The molecule has 2 heterocycles. The third-order valence-electron chi connectivity index (χ3n) is 5.39. The molecule has 0 atom stereocenters. The van der Waals surface area contributed by atoms with E-state index in [9.17, 15) is 8.42 Å². The molecule has 2 aliphatic rings. The summed E-state index contributed by atoms with van der Waals surface area (Å²) in [5.74, 6) is 0.563. The van der Waals surface area contributed by atoms with Gasteiger partial charge in [0.15, 0.2) is 0 Å². The number of aromatic nitrogens is 1. The van der Waals surface area contributed by atoms with Gasteiger partial charge in [0.25, 0.3) is 10.2 Å². The van der Waals surface area contributed by atoms with E-state index in [4.69, 9.17) is 0 Å². The molecule has 0 spiro atoms. The van der Waals surface area contributed by atoms with Crippen molar-refractivity contribution >= 4 is 26.7 Å². The fourth-order valence-corrected chi connectivity index (χ4v) is 5.33. The smallest absolute Gasteiger partial charge is 0.282 e. The van der Waals surface area contributed by atoms with Crippen LogP contribution in [0.4, 0.5) is 5.69 Å². The highest BCUT2D eigenvalue weighted by Crippen LogP contribution is 2.31. The third-order valence-corrected chi connectivity index (χ3v) is 7.47. The minimum absolute atomic E-state index is 0.521. The van der Waals surface area contributed by atoms with E-state index in [-0.39, 0.29) is 0 Å².